The van der Waals surface area contributed by atoms with E-state index in [9.17, 15) is 18.0 Å². The summed E-state index contributed by atoms with van der Waals surface area (Å²) in [5.74, 6) is 0.429. The van der Waals surface area contributed by atoms with Crippen LogP contribution in [0.3, 0.4) is 0 Å². The van der Waals surface area contributed by atoms with Gasteiger partial charge in [0.05, 0.1) is 19.1 Å². The summed E-state index contributed by atoms with van der Waals surface area (Å²) in [5.41, 5.74) is 2.54. The van der Waals surface area contributed by atoms with Crippen molar-refractivity contribution in [3.8, 4) is 16.9 Å². The Morgan fingerprint density at radius 2 is 1.77 bits per heavy atom. The molecule has 35 heavy (non-hydrogen) atoms. The van der Waals surface area contributed by atoms with Crippen molar-refractivity contribution in [1.29, 1.82) is 0 Å². The van der Waals surface area contributed by atoms with Gasteiger partial charge in [0.25, 0.3) is 0 Å². The lowest BCUT2D eigenvalue weighted by Crippen LogP contribution is -2.38. The van der Waals surface area contributed by atoms with Gasteiger partial charge in [-0.15, -0.1) is 0 Å². The highest BCUT2D eigenvalue weighted by molar-refractivity contribution is 7.92. The Balaban J connectivity index is 2.19. The Bertz CT molecular complexity index is 1110. The molecule has 9 heteroatoms. The van der Waals surface area contributed by atoms with Gasteiger partial charge >= 0.3 is 6.09 Å². The van der Waals surface area contributed by atoms with E-state index in [-0.39, 0.29) is 6.09 Å². The van der Waals surface area contributed by atoms with E-state index in [0.29, 0.717) is 37.4 Å². The lowest BCUT2D eigenvalue weighted by molar-refractivity contribution is -0.107. The van der Waals surface area contributed by atoms with Crippen LogP contribution in [0.15, 0.2) is 42.5 Å². The van der Waals surface area contributed by atoms with Crippen LogP contribution in [0, 0.1) is 0 Å². The molecule has 2 aromatic rings. The van der Waals surface area contributed by atoms with E-state index in [1.807, 2.05) is 51.1 Å². The number of aldehydes is 1. The number of nitrogens with one attached hydrogen (secondary N) is 1. The Morgan fingerprint density at radius 3 is 2.40 bits per heavy atom. The topological polar surface area (TPSA) is 102 Å². The molecule has 192 valence electrons. The summed E-state index contributed by atoms with van der Waals surface area (Å²) in [5, 5.41) is 0. The number of benzene rings is 2. The highest BCUT2D eigenvalue weighted by Gasteiger charge is 2.22. The minimum atomic E-state index is -3.47. The van der Waals surface area contributed by atoms with E-state index < -0.39 is 15.6 Å². The molecule has 0 bridgehead atoms. The standard InChI is InChI=1S/C26H36N2O6S/c1-26(2,3)34-25(30)28(15-7-6-8-17-29)16-14-20-10-9-11-21(18-20)22-12-13-24(33-4)23(19-22)27-35(5,31)32/h9-13,17-19,27H,6-8,14-16H2,1-5H3. The van der Waals surface area contributed by atoms with Gasteiger partial charge in [-0.2, -0.15) is 0 Å². The van der Waals surface area contributed by atoms with Crippen LogP contribution in [-0.4, -0.2) is 57.8 Å². The number of rotatable bonds is 12. The molecule has 0 aliphatic carbocycles. The molecule has 8 nitrogen and oxygen atoms in total. The molecule has 0 radical (unpaired) electrons. The maximum absolute atomic E-state index is 12.7. The van der Waals surface area contributed by atoms with Crippen molar-refractivity contribution in [3.05, 3.63) is 48.0 Å². The maximum atomic E-state index is 12.7. The van der Waals surface area contributed by atoms with Crippen molar-refractivity contribution >= 4 is 28.1 Å². The molecule has 0 spiro atoms. The molecule has 0 fully saturated rings. The molecule has 0 unspecified atom stereocenters. The predicted octanol–water partition coefficient (Wildman–Crippen LogP) is 4.88. The predicted molar refractivity (Wildman–Crippen MR) is 138 cm³/mol. The number of sulfonamides is 1. The van der Waals surface area contributed by atoms with Crippen LogP contribution < -0.4 is 9.46 Å². The van der Waals surface area contributed by atoms with Gasteiger partial charge in [-0.1, -0.05) is 30.3 Å². The average Bonchev–Trinajstić information content (AvgIpc) is 2.76. The minimum absolute atomic E-state index is 0.365. The van der Waals surface area contributed by atoms with Gasteiger partial charge in [-0.25, -0.2) is 13.2 Å². The van der Waals surface area contributed by atoms with Crippen LogP contribution in [0.4, 0.5) is 10.5 Å². The van der Waals surface area contributed by atoms with Crippen LogP contribution in [0.1, 0.15) is 45.6 Å². The van der Waals surface area contributed by atoms with Crippen molar-refractivity contribution in [1.82, 2.24) is 4.90 Å². The Hall–Kier alpha value is -3.07. The Morgan fingerprint density at radius 1 is 1.06 bits per heavy atom. The number of nitrogens with zero attached hydrogens (tertiary/aromatic N) is 1. The largest absolute Gasteiger partial charge is 0.495 e. The maximum Gasteiger partial charge on any atom is 0.410 e. The fraction of sp³-hybridized carbons (Fsp3) is 0.462. The first-order valence-electron chi connectivity index (χ1n) is 11.6. The first-order valence-corrected chi connectivity index (χ1v) is 13.5. The Labute approximate surface area is 208 Å². The number of hydrogen-bond acceptors (Lipinski definition) is 6. The molecule has 0 aromatic heterocycles. The first kappa shape index (κ1) is 28.2. The SMILES string of the molecule is COc1ccc(-c2cccc(CCN(CCCCC=O)C(=O)OC(C)(C)C)c2)cc1NS(C)(=O)=O. The minimum Gasteiger partial charge on any atom is -0.495 e. The fourth-order valence-corrected chi connectivity index (χ4v) is 4.05. The smallest absolute Gasteiger partial charge is 0.410 e. The van der Waals surface area contributed by atoms with Crippen molar-refractivity contribution < 1.29 is 27.5 Å². The zero-order valence-corrected chi connectivity index (χ0v) is 22.0. The molecule has 0 aliphatic rings. The van der Waals surface area contributed by atoms with E-state index in [1.165, 1.54) is 7.11 Å². The summed E-state index contributed by atoms with van der Waals surface area (Å²) in [6.07, 6.45) is 4.15. The van der Waals surface area contributed by atoms with Crippen molar-refractivity contribution in [2.75, 3.05) is 31.2 Å². The number of anilines is 1. The summed E-state index contributed by atoms with van der Waals surface area (Å²) in [6, 6.07) is 13.2. The average molecular weight is 505 g/mol. The van der Waals surface area contributed by atoms with Crippen LogP contribution in [-0.2, 0) is 26.0 Å². The zero-order valence-electron chi connectivity index (χ0n) is 21.2. The summed E-state index contributed by atoms with van der Waals surface area (Å²) in [4.78, 5) is 25.0. The van der Waals surface area contributed by atoms with E-state index in [4.69, 9.17) is 9.47 Å². The molecule has 2 aromatic carbocycles. The lowest BCUT2D eigenvalue weighted by atomic mass is 10.0. The molecule has 0 saturated carbocycles. The number of carbonyl (C=O) groups is 2. The van der Waals surface area contributed by atoms with Gasteiger partial charge < -0.3 is 19.2 Å². The third-order valence-corrected chi connectivity index (χ3v) is 5.67. The molecule has 0 heterocycles. The number of methoxy groups -OCH3 is 1. The van der Waals surface area contributed by atoms with Crippen LogP contribution >= 0.6 is 0 Å². The molecule has 2 rings (SSSR count). The monoisotopic (exact) mass is 504 g/mol. The first-order chi connectivity index (χ1) is 16.4. The molecule has 0 atom stereocenters. The highest BCUT2D eigenvalue weighted by atomic mass is 32.2. The number of ether oxygens (including phenoxy) is 2. The zero-order chi connectivity index (χ0) is 26.1. The number of unbranched alkanes of at least 4 members (excludes halogenated alkanes) is 2. The lowest BCUT2D eigenvalue weighted by Gasteiger charge is -2.27. The number of hydrogen-bond donors (Lipinski definition) is 1. The normalized spacial score (nSPS) is 11.6. The van der Waals surface area contributed by atoms with E-state index >= 15 is 0 Å². The van der Waals surface area contributed by atoms with Gasteiger partial charge in [0.15, 0.2) is 0 Å². The summed E-state index contributed by atoms with van der Waals surface area (Å²) >= 11 is 0. The second kappa shape index (κ2) is 12.6. The third kappa shape index (κ3) is 9.98. The summed E-state index contributed by atoms with van der Waals surface area (Å²) in [6.45, 7) is 6.49. The summed E-state index contributed by atoms with van der Waals surface area (Å²) in [7, 11) is -1.98. The third-order valence-electron chi connectivity index (χ3n) is 5.08. The van der Waals surface area contributed by atoms with Crippen molar-refractivity contribution in [2.45, 2.75) is 52.1 Å². The van der Waals surface area contributed by atoms with Crippen LogP contribution in [0.2, 0.25) is 0 Å². The van der Waals surface area contributed by atoms with Crippen LogP contribution in [0.25, 0.3) is 11.1 Å². The number of amides is 1. The van der Waals surface area contributed by atoms with Crippen molar-refractivity contribution in [3.63, 3.8) is 0 Å². The molecule has 0 aliphatic heterocycles. The summed E-state index contributed by atoms with van der Waals surface area (Å²) < 4.78 is 36.8. The van der Waals surface area contributed by atoms with Gasteiger partial charge in [-0.3, -0.25) is 4.72 Å². The molecular weight excluding hydrogens is 468 g/mol. The van der Waals surface area contributed by atoms with Gasteiger partial charge in [0, 0.05) is 19.5 Å². The number of carbonyl (C=O) groups excluding carboxylic acids is 2. The second-order valence-corrected chi connectivity index (χ2v) is 11.1. The molecular formula is C26H36N2O6S. The highest BCUT2D eigenvalue weighted by Crippen LogP contribution is 2.31. The Kier molecular flexibility index (Phi) is 10.1. The van der Waals surface area contributed by atoms with Gasteiger partial charge in [-0.05, 0) is 68.9 Å². The van der Waals surface area contributed by atoms with Gasteiger partial charge in [0.1, 0.15) is 17.6 Å². The molecule has 1 N–H and O–H groups in total. The van der Waals surface area contributed by atoms with E-state index in [1.54, 1.807) is 17.0 Å². The van der Waals surface area contributed by atoms with E-state index in [2.05, 4.69) is 4.72 Å². The second-order valence-electron chi connectivity index (χ2n) is 9.37. The fourth-order valence-electron chi connectivity index (χ4n) is 3.49. The van der Waals surface area contributed by atoms with Gasteiger partial charge in [0.2, 0.25) is 10.0 Å². The van der Waals surface area contributed by atoms with Crippen molar-refractivity contribution in [2.24, 2.45) is 0 Å². The quantitative estimate of drug-likeness (QED) is 0.326. The molecule has 0 saturated heterocycles. The van der Waals surface area contributed by atoms with Crippen LogP contribution in [0.5, 0.6) is 5.75 Å². The molecule has 1 amide bonds. The van der Waals surface area contributed by atoms with E-state index in [0.717, 1.165) is 42.1 Å².